The van der Waals surface area contributed by atoms with Gasteiger partial charge in [-0.05, 0) is 46.8 Å². The Morgan fingerprint density at radius 1 is 1.17 bits per heavy atom. The normalized spacial score (nSPS) is 16.4. The highest BCUT2D eigenvalue weighted by Crippen LogP contribution is 2.40. The van der Waals surface area contributed by atoms with Gasteiger partial charge < -0.3 is 14.7 Å². The number of aromatic nitrogens is 1. The second-order valence-electron chi connectivity index (χ2n) is 6.53. The number of aliphatic hydroxyl groups excluding tert-OH is 1. The Morgan fingerprint density at radius 2 is 1.90 bits per heavy atom. The molecule has 0 saturated carbocycles. The quantitative estimate of drug-likeness (QED) is 0.628. The van der Waals surface area contributed by atoms with Gasteiger partial charge in [-0.2, -0.15) is 0 Å². The van der Waals surface area contributed by atoms with E-state index < -0.39 is 17.7 Å². The van der Waals surface area contributed by atoms with Gasteiger partial charge in [0.05, 0.1) is 23.6 Å². The minimum atomic E-state index is -0.692. The van der Waals surface area contributed by atoms with E-state index in [-0.39, 0.29) is 17.9 Å². The molecule has 3 aromatic rings. The highest BCUT2D eigenvalue weighted by molar-refractivity contribution is 7.12. The summed E-state index contributed by atoms with van der Waals surface area (Å²) in [6, 6.07) is 13.6. The monoisotopic (exact) mass is 406 g/mol. The summed E-state index contributed by atoms with van der Waals surface area (Å²) in [6.07, 6.45) is 3.21. The van der Waals surface area contributed by atoms with Crippen molar-refractivity contribution in [3.05, 3.63) is 93.6 Å². The van der Waals surface area contributed by atoms with Crippen molar-refractivity contribution in [1.82, 2.24) is 9.88 Å². The van der Waals surface area contributed by atoms with E-state index in [1.54, 1.807) is 49.1 Å². The molecule has 1 amide bonds. The molecule has 0 bridgehead atoms. The van der Waals surface area contributed by atoms with Crippen molar-refractivity contribution in [1.29, 1.82) is 0 Å². The van der Waals surface area contributed by atoms with Gasteiger partial charge in [-0.25, -0.2) is 0 Å². The lowest BCUT2D eigenvalue weighted by Gasteiger charge is -2.26. The highest BCUT2D eigenvalue weighted by atomic mass is 32.1. The summed E-state index contributed by atoms with van der Waals surface area (Å²) in [5.74, 6) is -0.701. The van der Waals surface area contributed by atoms with Gasteiger partial charge in [-0.1, -0.05) is 18.2 Å². The number of benzene rings is 1. The number of hydrogen-bond acceptors (Lipinski definition) is 6. The number of thiophene rings is 1. The molecule has 0 fully saturated rings. The van der Waals surface area contributed by atoms with Crippen LogP contribution in [0.15, 0.2) is 77.6 Å². The number of nitrogens with zero attached hydrogens (tertiary/aromatic N) is 2. The molecule has 4 rings (SSSR count). The van der Waals surface area contributed by atoms with Crippen molar-refractivity contribution in [2.75, 3.05) is 7.11 Å². The Labute approximate surface area is 171 Å². The molecule has 7 heteroatoms. The largest absolute Gasteiger partial charge is 0.503 e. The average Bonchev–Trinajstić information content (AvgIpc) is 3.38. The summed E-state index contributed by atoms with van der Waals surface area (Å²) in [5, 5.41) is 12.4. The fourth-order valence-electron chi connectivity index (χ4n) is 3.41. The van der Waals surface area contributed by atoms with Crippen LogP contribution in [0.1, 0.15) is 26.8 Å². The summed E-state index contributed by atoms with van der Waals surface area (Å²) in [5.41, 5.74) is 1.67. The summed E-state index contributed by atoms with van der Waals surface area (Å²) in [7, 11) is 1.59. The van der Waals surface area contributed by atoms with Crippen LogP contribution in [-0.2, 0) is 11.3 Å². The maximum Gasteiger partial charge on any atom is 0.290 e. The van der Waals surface area contributed by atoms with Crippen LogP contribution in [0.4, 0.5) is 0 Å². The van der Waals surface area contributed by atoms with Gasteiger partial charge in [0.15, 0.2) is 5.76 Å². The predicted molar refractivity (Wildman–Crippen MR) is 109 cm³/mol. The second-order valence-corrected chi connectivity index (χ2v) is 7.48. The fourth-order valence-corrected chi connectivity index (χ4v) is 4.09. The Bertz CT molecular complexity index is 1060. The Hall–Kier alpha value is -3.45. The van der Waals surface area contributed by atoms with Crippen molar-refractivity contribution >= 4 is 23.0 Å². The first-order valence-corrected chi connectivity index (χ1v) is 9.83. The Morgan fingerprint density at radius 3 is 2.52 bits per heavy atom. The van der Waals surface area contributed by atoms with E-state index in [0.717, 1.165) is 5.56 Å². The molecule has 0 saturated heterocycles. The summed E-state index contributed by atoms with van der Waals surface area (Å²) < 4.78 is 5.18. The van der Waals surface area contributed by atoms with Gasteiger partial charge in [0, 0.05) is 18.9 Å². The third-order valence-corrected chi connectivity index (χ3v) is 5.70. The number of pyridine rings is 1. The van der Waals surface area contributed by atoms with E-state index >= 15 is 0 Å². The lowest BCUT2D eigenvalue weighted by molar-refractivity contribution is -0.130. The summed E-state index contributed by atoms with van der Waals surface area (Å²) in [4.78, 5) is 32.0. The smallest absolute Gasteiger partial charge is 0.290 e. The number of aliphatic hydroxyl groups is 1. The van der Waals surface area contributed by atoms with Crippen LogP contribution in [0.5, 0.6) is 5.75 Å². The molecule has 0 spiro atoms. The Kier molecular flexibility index (Phi) is 5.14. The molecule has 29 heavy (non-hydrogen) atoms. The first kappa shape index (κ1) is 18.9. The molecule has 0 radical (unpaired) electrons. The van der Waals surface area contributed by atoms with Crippen molar-refractivity contribution in [2.45, 2.75) is 12.6 Å². The standard InChI is InChI=1S/C22H18N2O4S/c1-28-16-6-4-14(5-7-16)13-24-19(15-8-10-23-11-9-15)18(21(26)22(24)27)20(25)17-3-2-12-29-17/h2-12,19,26H,13H2,1H3. The SMILES string of the molecule is COc1ccc(CN2C(=O)C(O)=C(C(=O)c3cccs3)C2c2ccncc2)cc1. The number of amides is 1. The number of carbonyl (C=O) groups is 2. The van der Waals surface area contributed by atoms with Crippen molar-refractivity contribution in [2.24, 2.45) is 0 Å². The lowest BCUT2D eigenvalue weighted by Crippen LogP contribution is -2.30. The van der Waals surface area contributed by atoms with Crippen LogP contribution in [0, 0.1) is 0 Å². The van der Waals surface area contributed by atoms with E-state index in [2.05, 4.69) is 4.98 Å². The Balaban J connectivity index is 1.74. The number of rotatable bonds is 6. The van der Waals surface area contributed by atoms with Crippen LogP contribution in [-0.4, -0.2) is 33.8 Å². The zero-order chi connectivity index (χ0) is 20.4. The highest BCUT2D eigenvalue weighted by Gasteiger charge is 2.43. The van der Waals surface area contributed by atoms with Gasteiger partial charge >= 0.3 is 0 Å². The molecule has 1 N–H and O–H groups in total. The van der Waals surface area contributed by atoms with Crippen LogP contribution in [0.3, 0.4) is 0 Å². The topological polar surface area (TPSA) is 79.7 Å². The number of hydrogen-bond donors (Lipinski definition) is 1. The molecule has 1 unspecified atom stereocenters. The molecule has 1 aliphatic rings. The molecular weight excluding hydrogens is 388 g/mol. The van der Waals surface area contributed by atoms with Crippen molar-refractivity contribution in [3.63, 3.8) is 0 Å². The average molecular weight is 406 g/mol. The van der Waals surface area contributed by atoms with E-state index in [9.17, 15) is 14.7 Å². The van der Waals surface area contributed by atoms with Gasteiger partial charge in [0.1, 0.15) is 5.75 Å². The molecule has 6 nitrogen and oxygen atoms in total. The molecule has 3 heterocycles. The molecule has 1 aliphatic heterocycles. The maximum absolute atomic E-state index is 13.1. The summed E-state index contributed by atoms with van der Waals surface area (Å²) >= 11 is 1.28. The van der Waals surface area contributed by atoms with Gasteiger partial charge in [0.25, 0.3) is 5.91 Å². The first-order chi connectivity index (χ1) is 14.1. The minimum absolute atomic E-state index is 0.0946. The summed E-state index contributed by atoms with van der Waals surface area (Å²) in [6.45, 7) is 0.237. The maximum atomic E-state index is 13.1. The van der Waals surface area contributed by atoms with Gasteiger partial charge in [-0.15, -0.1) is 11.3 Å². The molecule has 0 aliphatic carbocycles. The number of ketones is 1. The zero-order valence-electron chi connectivity index (χ0n) is 15.6. The third kappa shape index (κ3) is 3.52. The second kappa shape index (κ2) is 7.89. The van der Waals surface area contributed by atoms with Gasteiger partial charge in [-0.3, -0.25) is 14.6 Å². The van der Waals surface area contributed by atoms with Crippen molar-refractivity contribution in [3.8, 4) is 5.75 Å². The van der Waals surface area contributed by atoms with E-state index in [0.29, 0.717) is 16.2 Å². The molecule has 1 atom stereocenters. The fraction of sp³-hybridized carbons (Fsp3) is 0.136. The number of methoxy groups -OCH3 is 1. The van der Waals surface area contributed by atoms with Crippen LogP contribution >= 0.6 is 11.3 Å². The first-order valence-electron chi connectivity index (χ1n) is 8.95. The van der Waals surface area contributed by atoms with Crippen LogP contribution in [0.25, 0.3) is 0 Å². The van der Waals surface area contributed by atoms with E-state index in [4.69, 9.17) is 4.74 Å². The van der Waals surface area contributed by atoms with Crippen molar-refractivity contribution < 1.29 is 19.4 Å². The molecule has 2 aromatic heterocycles. The molecular formula is C22H18N2O4S. The number of ether oxygens (including phenoxy) is 1. The molecule has 146 valence electrons. The van der Waals surface area contributed by atoms with E-state index in [1.807, 2.05) is 24.3 Å². The third-order valence-electron chi connectivity index (χ3n) is 4.83. The van der Waals surface area contributed by atoms with Gasteiger partial charge in [0.2, 0.25) is 5.78 Å². The van der Waals surface area contributed by atoms with E-state index in [1.165, 1.54) is 16.2 Å². The van der Waals surface area contributed by atoms with Crippen LogP contribution < -0.4 is 4.74 Å². The number of Topliss-reactive ketones (excluding diaryl/α,β-unsaturated/α-hetero) is 1. The lowest BCUT2D eigenvalue weighted by atomic mass is 9.96. The van der Waals surface area contributed by atoms with Crippen LogP contribution in [0.2, 0.25) is 0 Å². The zero-order valence-corrected chi connectivity index (χ0v) is 16.4. The predicted octanol–water partition coefficient (Wildman–Crippen LogP) is 3.93. The molecule has 1 aromatic carbocycles. The number of carbonyl (C=O) groups excluding carboxylic acids is 2. The minimum Gasteiger partial charge on any atom is -0.503 e.